The molecule has 3 heteroatoms. The summed E-state index contributed by atoms with van der Waals surface area (Å²) in [4.78, 5) is 0. The van der Waals surface area contributed by atoms with Crippen molar-refractivity contribution in [2.75, 3.05) is 6.61 Å². The second-order valence-corrected chi connectivity index (χ2v) is 10.3. The first kappa shape index (κ1) is 26.3. The third-order valence-corrected chi connectivity index (χ3v) is 7.50. The normalized spacial score (nSPS) is 21.1. The van der Waals surface area contributed by atoms with Crippen LogP contribution in [0.25, 0.3) is 11.1 Å². The molecule has 1 saturated carbocycles. The highest BCUT2D eigenvalue weighted by Crippen LogP contribution is 2.46. The first-order valence-corrected chi connectivity index (χ1v) is 13.5. The van der Waals surface area contributed by atoms with E-state index in [2.05, 4.69) is 68.4 Å². The Balaban J connectivity index is 1.57. The minimum Gasteiger partial charge on any atom is -0.491 e. The second-order valence-electron chi connectivity index (χ2n) is 10.3. The van der Waals surface area contributed by atoms with Crippen LogP contribution in [-0.4, -0.2) is 17.8 Å². The molecule has 0 bridgehead atoms. The van der Waals surface area contributed by atoms with E-state index >= 15 is 0 Å². The third-order valence-electron chi connectivity index (χ3n) is 7.50. The summed E-state index contributed by atoms with van der Waals surface area (Å²) < 4.78 is 5.99. The zero-order valence-electron chi connectivity index (χ0n) is 21.3. The molecule has 3 unspecified atom stereocenters. The van der Waals surface area contributed by atoms with E-state index in [-0.39, 0.29) is 11.5 Å². The number of benzene rings is 2. The van der Waals surface area contributed by atoms with Crippen molar-refractivity contribution in [1.82, 2.24) is 0 Å². The summed E-state index contributed by atoms with van der Waals surface area (Å²) in [7, 11) is 0. The standard InChI is InChI=1S/C31H43NO2/c1-3-10-25(2)34-30-18-16-27(17-19-30)26-12-14-28(15-13-26)29-11-9-21-31(23-29,24-32)20-7-5-4-6-8-22-33/h12-19,25,29,33H,3-11,20-23H2,1-2H3. The highest BCUT2D eigenvalue weighted by Gasteiger charge is 2.36. The van der Waals surface area contributed by atoms with Crippen LogP contribution in [0.5, 0.6) is 5.75 Å². The minimum absolute atomic E-state index is 0.163. The van der Waals surface area contributed by atoms with E-state index < -0.39 is 0 Å². The number of nitrogens with zero attached hydrogens (tertiary/aromatic N) is 1. The molecule has 1 aliphatic rings. The SMILES string of the molecule is CCCC(C)Oc1ccc(-c2ccc(C3CCCC(C#N)(CCCCCCCO)C3)cc2)cc1. The Morgan fingerprint density at radius 2 is 1.65 bits per heavy atom. The summed E-state index contributed by atoms with van der Waals surface area (Å²) in [6, 6.07) is 20.2. The van der Waals surface area contributed by atoms with E-state index in [1.165, 1.54) is 29.5 Å². The maximum absolute atomic E-state index is 10.1. The Hall–Kier alpha value is -2.31. The van der Waals surface area contributed by atoms with Crippen molar-refractivity contribution >= 4 is 0 Å². The lowest BCUT2D eigenvalue weighted by molar-refractivity contribution is 0.210. The zero-order valence-corrected chi connectivity index (χ0v) is 21.3. The van der Waals surface area contributed by atoms with Gasteiger partial charge in [-0.3, -0.25) is 0 Å². The molecule has 0 heterocycles. The molecule has 0 amide bonds. The predicted octanol–water partition coefficient (Wildman–Crippen LogP) is 8.42. The van der Waals surface area contributed by atoms with Gasteiger partial charge in [-0.05, 0) is 80.2 Å². The molecule has 0 spiro atoms. The first-order valence-electron chi connectivity index (χ1n) is 13.5. The molecule has 1 aliphatic carbocycles. The van der Waals surface area contributed by atoms with Crippen LogP contribution in [0, 0.1) is 16.7 Å². The fraction of sp³-hybridized carbons (Fsp3) is 0.581. The molecule has 3 nitrogen and oxygen atoms in total. The molecule has 2 aromatic rings. The van der Waals surface area contributed by atoms with Gasteiger partial charge >= 0.3 is 0 Å². The average Bonchev–Trinajstić information content (AvgIpc) is 2.87. The van der Waals surface area contributed by atoms with E-state index in [1.807, 2.05) is 0 Å². The number of rotatable bonds is 13. The predicted molar refractivity (Wildman–Crippen MR) is 141 cm³/mol. The van der Waals surface area contributed by atoms with E-state index in [0.29, 0.717) is 12.5 Å². The van der Waals surface area contributed by atoms with Gasteiger partial charge in [0.25, 0.3) is 0 Å². The number of hydrogen-bond acceptors (Lipinski definition) is 3. The van der Waals surface area contributed by atoms with Gasteiger partial charge in [-0.1, -0.05) is 81.8 Å². The molecule has 0 radical (unpaired) electrons. The average molecular weight is 462 g/mol. The lowest BCUT2D eigenvalue weighted by Gasteiger charge is -2.36. The molecule has 0 saturated heterocycles. The van der Waals surface area contributed by atoms with Crippen LogP contribution >= 0.6 is 0 Å². The highest BCUT2D eigenvalue weighted by molar-refractivity contribution is 5.64. The van der Waals surface area contributed by atoms with Crippen molar-refractivity contribution in [3.8, 4) is 22.9 Å². The molecule has 3 atom stereocenters. The minimum atomic E-state index is -0.163. The van der Waals surface area contributed by atoms with Crippen molar-refractivity contribution in [3.63, 3.8) is 0 Å². The van der Waals surface area contributed by atoms with Gasteiger partial charge in [0.15, 0.2) is 0 Å². The highest BCUT2D eigenvalue weighted by atomic mass is 16.5. The Labute approximate surface area is 207 Å². The molecular weight excluding hydrogens is 418 g/mol. The van der Waals surface area contributed by atoms with Crippen molar-refractivity contribution in [2.45, 2.75) is 103 Å². The Morgan fingerprint density at radius 1 is 1.00 bits per heavy atom. The molecule has 184 valence electrons. The van der Waals surface area contributed by atoms with E-state index in [9.17, 15) is 5.26 Å². The van der Waals surface area contributed by atoms with Gasteiger partial charge in [0.2, 0.25) is 0 Å². The lowest BCUT2D eigenvalue weighted by Crippen LogP contribution is -2.26. The quantitative estimate of drug-likeness (QED) is 0.305. The Kier molecular flexibility index (Phi) is 10.5. The number of aliphatic hydroxyl groups is 1. The maximum Gasteiger partial charge on any atom is 0.119 e. The van der Waals surface area contributed by atoms with E-state index in [1.54, 1.807) is 0 Å². The molecule has 0 aromatic heterocycles. The summed E-state index contributed by atoms with van der Waals surface area (Å²) >= 11 is 0. The van der Waals surface area contributed by atoms with Crippen LogP contribution < -0.4 is 4.74 Å². The maximum atomic E-state index is 10.1. The van der Waals surface area contributed by atoms with Crippen molar-refractivity contribution in [1.29, 1.82) is 5.26 Å². The van der Waals surface area contributed by atoms with E-state index in [4.69, 9.17) is 9.84 Å². The van der Waals surface area contributed by atoms with Crippen LogP contribution in [0.2, 0.25) is 0 Å². The van der Waals surface area contributed by atoms with Crippen molar-refractivity contribution < 1.29 is 9.84 Å². The van der Waals surface area contributed by atoms with Gasteiger partial charge in [0.1, 0.15) is 5.75 Å². The monoisotopic (exact) mass is 461 g/mol. The summed E-state index contributed by atoms with van der Waals surface area (Å²) in [5.41, 5.74) is 3.64. The van der Waals surface area contributed by atoms with Gasteiger partial charge in [-0.2, -0.15) is 5.26 Å². The van der Waals surface area contributed by atoms with Gasteiger partial charge < -0.3 is 9.84 Å². The van der Waals surface area contributed by atoms with Crippen LogP contribution in [0.3, 0.4) is 0 Å². The summed E-state index contributed by atoms with van der Waals surface area (Å²) in [5, 5.41) is 19.0. The number of nitriles is 1. The number of unbranched alkanes of at least 4 members (excludes halogenated alkanes) is 4. The molecule has 2 aromatic carbocycles. The summed E-state index contributed by atoms with van der Waals surface area (Å²) in [5.74, 6) is 1.41. The first-order chi connectivity index (χ1) is 16.6. The number of hydrogen-bond donors (Lipinski definition) is 1. The molecule has 3 rings (SSSR count). The van der Waals surface area contributed by atoms with Crippen LogP contribution in [0.1, 0.15) is 102 Å². The summed E-state index contributed by atoms with van der Waals surface area (Å²) in [6.45, 7) is 4.60. The van der Waals surface area contributed by atoms with Gasteiger partial charge in [-0.15, -0.1) is 0 Å². The van der Waals surface area contributed by atoms with Crippen molar-refractivity contribution in [3.05, 3.63) is 54.1 Å². The van der Waals surface area contributed by atoms with Gasteiger partial charge in [-0.25, -0.2) is 0 Å². The van der Waals surface area contributed by atoms with Gasteiger partial charge in [0, 0.05) is 6.61 Å². The van der Waals surface area contributed by atoms with Crippen LogP contribution in [0.15, 0.2) is 48.5 Å². The summed E-state index contributed by atoms with van der Waals surface area (Å²) in [6.07, 6.45) is 13.3. The van der Waals surface area contributed by atoms with Gasteiger partial charge in [0.05, 0.1) is 17.6 Å². The molecule has 34 heavy (non-hydrogen) atoms. The Bertz CT molecular complexity index is 883. The van der Waals surface area contributed by atoms with E-state index in [0.717, 1.165) is 70.0 Å². The number of ether oxygens (including phenoxy) is 1. The third kappa shape index (κ3) is 7.60. The Morgan fingerprint density at radius 3 is 2.29 bits per heavy atom. The molecular formula is C31H43NO2. The fourth-order valence-corrected chi connectivity index (χ4v) is 5.51. The second kappa shape index (κ2) is 13.5. The topological polar surface area (TPSA) is 53.2 Å². The molecule has 1 N–H and O–H groups in total. The fourth-order valence-electron chi connectivity index (χ4n) is 5.51. The smallest absolute Gasteiger partial charge is 0.119 e. The largest absolute Gasteiger partial charge is 0.491 e. The zero-order chi connectivity index (χ0) is 24.2. The molecule has 0 aliphatic heterocycles. The van der Waals surface area contributed by atoms with Crippen molar-refractivity contribution in [2.24, 2.45) is 5.41 Å². The lowest BCUT2D eigenvalue weighted by atomic mass is 9.66. The van der Waals surface area contributed by atoms with Crippen LogP contribution in [0.4, 0.5) is 0 Å². The van der Waals surface area contributed by atoms with Crippen LogP contribution in [-0.2, 0) is 0 Å². The number of aliphatic hydroxyl groups excluding tert-OH is 1. The molecule has 1 fully saturated rings.